The van der Waals surface area contributed by atoms with Gasteiger partial charge in [-0.15, -0.1) is 0 Å². The number of carbonyl (C=O) groups excluding carboxylic acids is 2. The van der Waals surface area contributed by atoms with Gasteiger partial charge in [0, 0.05) is 29.8 Å². The summed E-state index contributed by atoms with van der Waals surface area (Å²) in [5.41, 5.74) is 0.948. The second-order valence-corrected chi connectivity index (χ2v) is 8.81. The van der Waals surface area contributed by atoms with E-state index < -0.39 is 11.4 Å². The van der Waals surface area contributed by atoms with Crippen LogP contribution in [-0.2, 0) is 9.53 Å². The fraction of sp³-hybridized carbons (Fsp3) is 0.476. The highest BCUT2D eigenvalue weighted by molar-refractivity contribution is 7.11. The van der Waals surface area contributed by atoms with Gasteiger partial charge in [-0.25, -0.2) is 9.78 Å². The molecule has 0 unspecified atom stereocenters. The molecule has 3 amide bonds. The standard InChI is InChI=1S/C21H25N3O4S/c1-14-13-15(3-4-16(14)28-19-22-11-12-29-19)23-18(26)24-17(25)20-5-8-21(27-2,9-6-20)10-7-20/h3-4,11-13H,5-10H2,1-2H3,(H2,23,24,25,26). The Bertz CT molecular complexity index is 888. The van der Waals surface area contributed by atoms with Gasteiger partial charge in [-0.05, 0) is 69.2 Å². The molecule has 2 bridgehead atoms. The number of imide groups is 1. The van der Waals surface area contributed by atoms with E-state index in [1.54, 1.807) is 31.5 Å². The lowest BCUT2D eigenvalue weighted by Crippen LogP contribution is -2.54. The zero-order valence-corrected chi connectivity index (χ0v) is 17.4. The zero-order valence-electron chi connectivity index (χ0n) is 16.6. The molecule has 29 heavy (non-hydrogen) atoms. The minimum atomic E-state index is -0.508. The van der Waals surface area contributed by atoms with Gasteiger partial charge in [0.15, 0.2) is 0 Å². The number of carbonyl (C=O) groups is 2. The molecule has 3 saturated carbocycles. The number of aromatic nitrogens is 1. The third kappa shape index (κ3) is 4.00. The molecule has 3 aliphatic carbocycles. The highest BCUT2D eigenvalue weighted by Gasteiger charge is 2.52. The Morgan fingerprint density at radius 3 is 2.45 bits per heavy atom. The zero-order chi connectivity index (χ0) is 20.5. The van der Waals surface area contributed by atoms with E-state index >= 15 is 0 Å². The van der Waals surface area contributed by atoms with Gasteiger partial charge in [0.05, 0.1) is 5.60 Å². The van der Waals surface area contributed by atoms with Crippen molar-refractivity contribution in [3.63, 3.8) is 0 Å². The molecule has 0 atom stereocenters. The van der Waals surface area contributed by atoms with E-state index in [1.165, 1.54) is 11.3 Å². The Kier molecular flexibility index (Phi) is 5.31. The Balaban J connectivity index is 1.35. The number of anilines is 1. The number of urea groups is 1. The van der Waals surface area contributed by atoms with Crippen molar-refractivity contribution in [1.82, 2.24) is 10.3 Å². The van der Waals surface area contributed by atoms with Gasteiger partial charge in [0.2, 0.25) is 5.91 Å². The maximum Gasteiger partial charge on any atom is 0.325 e. The molecule has 154 valence electrons. The van der Waals surface area contributed by atoms with Crippen LogP contribution in [0, 0.1) is 12.3 Å². The van der Waals surface area contributed by atoms with Crippen LogP contribution in [0.15, 0.2) is 29.8 Å². The summed E-state index contributed by atoms with van der Waals surface area (Å²) in [5, 5.41) is 7.70. The molecule has 0 spiro atoms. The Hall–Kier alpha value is -2.45. The van der Waals surface area contributed by atoms with E-state index in [1.807, 2.05) is 12.3 Å². The molecule has 1 aromatic heterocycles. The minimum absolute atomic E-state index is 0.0652. The molecule has 2 N–H and O–H groups in total. The van der Waals surface area contributed by atoms with E-state index in [0.29, 0.717) is 16.6 Å². The van der Waals surface area contributed by atoms with E-state index in [-0.39, 0.29) is 11.5 Å². The van der Waals surface area contributed by atoms with Gasteiger partial charge in [0.25, 0.3) is 5.19 Å². The molecule has 7 nitrogen and oxygen atoms in total. The maximum absolute atomic E-state index is 12.8. The highest BCUT2D eigenvalue weighted by atomic mass is 32.1. The summed E-state index contributed by atoms with van der Waals surface area (Å²) in [7, 11) is 1.75. The van der Waals surface area contributed by atoms with Crippen molar-refractivity contribution in [3.05, 3.63) is 35.3 Å². The number of rotatable bonds is 5. The van der Waals surface area contributed by atoms with Crippen LogP contribution in [0.3, 0.4) is 0 Å². The predicted molar refractivity (Wildman–Crippen MR) is 110 cm³/mol. The Morgan fingerprint density at radius 2 is 1.86 bits per heavy atom. The van der Waals surface area contributed by atoms with Gasteiger partial charge in [-0.3, -0.25) is 10.1 Å². The first-order valence-electron chi connectivity index (χ1n) is 9.79. The van der Waals surface area contributed by atoms with E-state index in [0.717, 1.165) is 44.1 Å². The lowest BCUT2D eigenvalue weighted by atomic mass is 9.58. The summed E-state index contributed by atoms with van der Waals surface area (Å²) in [6, 6.07) is 4.82. The van der Waals surface area contributed by atoms with Crippen molar-refractivity contribution in [1.29, 1.82) is 0 Å². The van der Waals surface area contributed by atoms with Gasteiger partial charge in [0.1, 0.15) is 5.75 Å². The molecule has 0 aliphatic heterocycles. The quantitative estimate of drug-likeness (QED) is 0.743. The van der Waals surface area contributed by atoms with Gasteiger partial charge in [-0.1, -0.05) is 11.3 Å². The SMILES string of the molecule is COC12CCC(C(=O)NC(=O)Nc3ccc(Oc4nccs4)c(C)c3)(CC1)CC2. The summed E-state index contributed by atoms with van der Waals surface area (Å²) < 4.78 is 11.4. The van der Waals surface area contributed by atoms with Crippen molar-refractivity contribution < 1.29 is 19.1 Å². The number of hydrogen-bond acceptors (Lipinski definition) is 6. The molecule has 8 heteroatoms. The van der Waals surface area contributed by atoms with Crippen LogP contribution in [-0.4, -0.2) is 29.6 Å². The molecule has 2 aromatic rings. The van der Waals surface area contributed by atoms with E-state index in [4.69, 9.17) is 9.47 Å². The van der Waals surface area contributed by atoms with Crippen molar-refractivity contribution in [2.24, 2.45) is 5.41 Å². The number of amides is 3. The molecule has 5 rings (SSSR count). The normalized spacial score (nSPS) is 25.4. The first kappa shape index (κ1) is 19.8. The van der Waals surface area contributed by atoms with Crippen LogP contribution in [0.1, 0.15) is 44.1 Å². The van der Waals surface area contributed by atoms with Crippen LogP contribution < -0.4 is 15.4 Å². The molecule has 3 fully saturated rings. The van der Waals surface area contributed by atoms with Gasteiger partial charge >= 0.3 is 6.03 Å². The monoisotopic (exact) mass is 415 g/mol. The fourth-order valence-electron chi connectivity index (χ4n) is 4.39. The largest absolute Gasteiger partial charge is 0.431 e. The van der Waals surface area contributed by atoms with Crippen molar-refractivity contribution in [2.75, 3.05) is 12.4 Å². The number of ether oxygens (including phenoxy) is 2. The van der Waals surface area contributed by atoms with Gasteiger partial charge in [-0.2, -0.15) is 0 Å². The molecule has 0 radical (unpaired) electrons. The smallest absolute Gasteiger partial charge is 0.325 e. The average Bonchev–Trinajstić information content (AvgIpc) is 3.24. The minimum Gasteiger partial charge on any atom is -0.431 e. The van der Waals surface area contributed by atoms with Gasteiger partial charge < -0.3 is 14.8 Å². The summed E-state index contributed by atoms with van der Waals surface area (Å²) in [6.45, 7) is 1.89. The molecule has 0 saturated heterocycles. The molecular weight excluding hydrogens is 390 g/mol. The third-order valence-electron chi connectivity index (χ3n) is 6.36. The van der Waals surface area contributed by atoms with Crippen molar-refractivity contribution in [2.45, 2.75) is 51.0 Å². The Labute approximate surface area is 173 Å². The summed E-state index contributed by atoms with van der Waals surface area (Å²) >= 11 is 1.41. The number of fused-ring (bicyclic) bond motifs is 3. The van der Waals surface area contributed by atoms with E-state index in [9.17, 15) is 9.59 Å². The van der Waals surface area contributed by atoms with Crippen LogP contribution >= 0.6 is 11.3 Å². The maximum atomic E-state index is 12.8. The summed E-state index contributed by atoms with van der Waals surface area (Å²) in [5.74, 6) is 0.492. The van der Waals surface area contributed by atoms with Crippen LogP contribution in [0.2, 0.25) is 0 Å². The second-order valence-electron chi connectivity index (χ2n) is 7.96. The number of benzene rings is 1. The first-order chi connectivity index (χ1) is 13.9. The van der Waals surface area contributed by atoms with Crippen molar-refractivity contribution in [3.8, 4) is 10.9 Å². The van der Waals surface area contributed by atoms with E-state index in [2.05, 4.69) is 15.6 Å². The average molecular weight is 416 g/mol. The summed E-state index contributed by atoms with van der Waals surface area (Å²) in [6.07, 6.45) is 6.60. The number of methoxy groups -OCH3 is 1. The third-order valence-corrected chi connectivity index (χ3v) is 7.01. The second kappa shape index (κ2) is 7.76. The number of thiazole rings is 1. The fourth-order valence-corrected chi connectivity index (χ4v) is 4.89. The molecule has 3 aliphatic rings. The van der Waals surface area contributed by atoms with Crippen LogP contribution in [0.5, 0.6) is 10.9 Å². The number of nitrogens with one attached hydrogen (secondary N) is 2. The number of nitrogens with zero attached hydrogens (tertiary/aromatic N) is 1. The number of hydrogen-bond donors (Lipinski definition) is 2. The highest BCUT2D eigenvalue weighted by Crippen LogP contribution is 2.53. The predicted octanol–water partition coefficient (Wildman–Crippen LogP) is 4.63. The van der Waals surface area contributed by atoms with Crippen molar-refractivity contribution >= 4 is 29.0 Å². The topological polar surface area (TPSA) is 89.5 Å². The lowest BCUT2D eigenvalue weighted by molar-refractivity contribution is -0.151. The molecule has 1 heterocycles. The molecule has 1 aromatic carbocycles. The number of aryl methyl sites for hydroxylation is 1. The lowest BCUT2D eigenvalue weighted by Gasteiger charge is -2.51. The molecular formula is C21H25N3O4S. The van der Waals surface area contributed by atoms with Crippen LogP contribution in [0.4, 0.5) is 10.5 Å². The Morgan fingerprint density at radius 1 is 1.14 bits per heavy atom. The van der Waals surface area contributed by atoms with Crippen LogP contribution in [0.25, 0.3) is 0 Å². The summed E-state index contributed by atoms with van der Waals surface area (Å²) in [4.78, 5) is 29.3. The first-order valence-corrected chi connectivity index (χ1v) is 10.7.